The van der Waals surface area contributed by atoms with Crippen molar-refractivity contribution in [3.8, 4) is 5.75 Å². The molecule has 0 bridgehead atoms. The van der Waals surface area contributed by atoms with Crippen LogP contribution in [0.25, 0.3) is 0 Å². The molecule has 7 heteroatoms. The largest absolute Gasteiger partial charge is 0.496 e. The van der Waals surface area contributed by atoms with E-state index in [1.807, 2.05) is 26.8 Å². The van der Waals surface area contributed by atoms with Crippen molar-refractivity contribution >= 4 is 15.9 Å². The van der Waals surface area contributed by atoms with Gasteiger partial charge in [0.05, 0.1) is 13.4 Å². The number of methoxy groups -OCH3 is 1. The van der Waals surface area contributed by atoms with Crippen LogP contribution in [0.3, 0.4) is 0 Å². The highest BCUT2D eigenvalue weighted by Gasteiger charge is 2.19. The van der Waals surface area contributed by atoms with Crippen molar-refractivity contribution in [1.29, 1.82) is 0 Å². The smallest absolute Gasteiger partial charge is 0.251 e. The van der Waals surface area contributed by atoms with E-state index in [0.717, 1.165) is 5.56 Å². The number of ether oxygens (including phenoxy) is 1. The third-order valence-electron chi connectivity index (χ3n) is 3.51. The molecule has 0 radical (unpaired) electrons. The zero-order valence-electron chi connectivity index (χ0n) is 14.4. The zero-order chi connectivity index (χ0) is 17.6. The van der Waals surface area contributed by atoms with E-state index in [1.165, 1.54) is 10.6 Å². The summed E-state index contributed by atoms with van der Waals surface area (Å²) >= 11 is 0. The summed E-state index contributed by atoms with van der Waals surface area (Å²) in [6.45, 7) is 6.37. The van der Waals surface area contributed by atoms with Crippen molar-refractivity contribution in [2.75, 3.05) is 26.5 Å². The first-order valence-corrected chi connectivity index (χ1v) is 9.41. The quantitative estimate of drug-likeness (QED) is 0.731. The van der Waals surface area contributed by atoms with Gasteiger partial charge in [-0.25, -0.2) is 8.42 Å². The number of hydrogen-bond donors (Lipinski definition) is 1. The summed E-state index contributed by atoms with van der Waals surface area (Å²) in [7, 11) is -1.66. The van der Waals surface area contributed by atoms with E-state index < -0.39 is 10.0 Å². The van der Waals surface area contributed by atoms with Crippen LogP contribution in [-0.2, 0) is 10.0 Å². The molecule has 0 aromatic heterocycles. The molecule has 1 aromatic carbocycles. The Morgan fingerprint density at radius 1 is 1.35 bits per heavy atom. The lowest BCUT2D eigenvalue weighted by atomic mass is 10.1. The van der Waals surface area contributed by atoms with Gasteiger partial charge in [-0.05, 0) is 44.9 Å². The minimum absolute atomic E-state index is 0.0953. The minimum atomic E-state index is -3.23. The van der Waals surface area contributed by atoms with Gasteiger partial charge in [0.25, 0.3) is 5.91 Å². The average molecular weight is 342 g/mol. The highest BCUT2D eigenvalue weighted by Crippen LogP contribution is 2.18. The molecule has 0 aliphatic heterocycles. The fourth-order valence-corrected chi connectivity index (χ4v) is 3.53. The first kappa shape index (κ1) is 19.4. The Labute approximate surface area is 138 Å². The maximum Gasteiger partial charge on any atom is 0.251 e. The molecular weight excluding hydrogens is 316 g/mol. The van der Waals surface area contributed by atoms with E-state index in [4.69, 9.17) is 4.74 Å². The molecule has 6 nitrogen and oxygen atoms in total. The standard InChI is InChI=1S/C16H26N2O4S/c1-12(2)18(23(5,20)21)10-6-9-17-16(19)14-8-7-13(3)15(11-14)22-4/h7-8,11-12H,6,9-10H2,1-5H3,(H,17,19). The van der Waals surface area contributed by atoms with Crippen molar-refractivity contribution in [3.63, 3.8) is 0 Å². The van der Waals surface area contributed by atoms with E-state index >= 15 is 0 Å². The van der Waals surface area contributed by atoms with Gasteiger partial charge in [0.2, 0.25) is 10.0 Å². The van der Waals surface area contributed by atoms with Crippen LogP contribution in [0, 0.1) is 6.92 Å². The van der Waals surface area contributed by atoms with Crippen molar-refractivity contribution in [1.82, 2.24) is 9.62 Å². The first-order valence-electron chi connectivity index (χ1n) is 7.56. The monoisotopic (exact) mass is 342 g/mol. The summed E-state index contributed by atoms with van der Waals surface area (Å²) in [5.74, 6) is 0.472. The Bertz CT molecular complexity index is 641. The molecule has 0 aliphatic rings. The predicted molar refractivity (Wildman–Crippen MR) is 91.4 cm³/mol. The summed E-state index contributed by atoms with van der Waals surface area (Å²) in [5.41, 5.74) is 1.49. The van der Waals surface area contributed by atoms with Crippen LogP contribution in [0.2, 0.25) is 0 Å². The van der Waals surface area contributed by atoms with Crippen molar-refractivity contribution in [3.05, 3.63) is 29.3 Å². The first-order chi connectivity index (χ1) is 10.7. The summed E-state index contributed by atoms with van der Waals surface area (Å²) in [4.78, 5) is 12.1. The van der Waals surface area contributed by atoms with Crippen LogP contribution in [0.15, 0.2) is 18.2 Å². The van der Waals surface area contributed by atoms with Crippen LogP contribution >= 0.6 is 0 Å². The molecule has 0 saturated carbocycles. The second-order valence-electron chi connectivity index (χ2n) is 5.76. The lowest BCUT2D eigenvalue weighted by molar-refractivity contribution is 0.0952. The molecule has 0 heterocycles. The summed E-state index contributed by atoms with van der Waals surface area (Å²) < 4.78 is 29.9. The Kier molecular flexibility index (Phi) is 7.02. The predicted octanol–water partition coefficient (Wildman–Crippen LogP) is 1.79. The van der Waals surface area contributed by atoms with Gasteiger partial charge in [-0.3, -0.25) is 4.79 Å². The molecule has 23 heavy (non-hydrogen) atoms. The number of aryl methyl sites for hydroxylation is 1. The number of sulfonamides is 1. The topological polar surface area (TPSA) is 75.7 Å². The number of nitrogens with zero attached hydrogens (tertiary/aromatic N) is 1. The van der Waals surface area contributed by atoms with Crippen LogP contribution in [-0.4, -0.2) is 51.1 Å². The Morgan fingerprint density at radius 3 is 2.52 bits per heavy atom. The van der Waals surface area contributed by atoms with Gasteiger partial charge in [0, 0.05) is 24.7 Å². The van der Waals surface area contributed by atoms with E-state index in [9.17, 15) is 13.2 Å². The molecule has 0 spiro atoms. The van der Waals surface area contributed by atoms with E-state index in [-0.39, 0.29) is 11.9 Å². The van der Waals surface area contributed by atoms with Gasteiger partial charge in [-0.1, -0.05) is 6.07 Å². The molecule has 1 N–H and O–H groups in total. The third-order valence-corrected chi connectivity index (χ3v) is 4.97. The molecule has 1 rings (SSSR count). The molecule has 1 aromatic rings. The Morgan fingerprint density at radius 2 is 2.00 bits per heavy atom. The number of carbonyl (C=O) groups excluding carboxylic acids is 1. The van der Waals surface area contributed by atoms with Crippen LogP contribution in [0.5, 0.6) is 5.75 Å². The van der Waals surface area contributed by atoms with Crippen molar-refractivity contribution < 1.29 is 17.9 Å². The third kappa shape index (κ3) is 5.84. The normalized spacial score (nSPS) is 11.8. The van der Waals surface area contributed by atoms with E-state index in [0.29, 0.717) is 30.8 Å². The van der Waals surface area contributed by atoms with Crippen LogP contribution in [0.4, 0.5) is 0 Å². The molecule has 0 atom stereocenters. The summed E-state index contributed by atoms with van der Waals surface area (Å²) in [6.07, 6.45) is 1.75. The maximum absolute atomic E-state index is 12.1. The van der Waals surface area contributed by atoms with Gasteiger partial charge >= 0.3 is 0 Å². The lowest BCUT2D eigenvalue weighted by Gasteiger charge is -2.23. The lowest BCUT2D eigenvalue weighted by Crippen LogP contribution is -2.38. The second-order valence-corrected chi connectivity index (χ2v) is 7.70. The summed E-state index contributed by atoms with van der Waals surface area (Å²) in [5, 5.41) is 2.80. The number of carbonyl (C=O) groups is 1. The van der Waals surface area contributed by atoms with Crippen molar-refractivity contribution in [2.24, 2.45) is 0 Å². The second kappa shape index (κ2) is 8.31. The van der Waals surface area contributed by atoms with Gasteiger partial charge in [0.15, 0.2) is 0 Å². The number of nitrogens with one attached hydrogen (secondary N) is 1. The molecule has 0 fully saturated rings. The van der Waals surface area contributed by atoms with Gasteiger partial charge in [-0.15, -0.1) is 0 Å². The summed E-state index contributed by atoms with van der Waals surface area (Å²) in [6, 6.07) is 5.17. The number of benzene rings is 1. The zero-order valence-corrected chi connectivity index (χ0v) is 15.2. The highest BCUT2D eigenvalue weighted by molar-refractivity contribution is 7.88. The van der Waals surface area contributed by atoms with Crippen LogP contribution < -0.4 is 10.1 Å². The van der Waals surface area contributed by atoms with Crippen LogP contribution in [0.1, 0.15) is 36.2 Å². The Hall–Kier alpha value is -1.60. The fraction of sp³-hybridized carbons (Fsp3) is 0.562. The molecule has 130 valence electrons. The van der Waals surface area contributed by atoms with Gasteiger partial charge < -0.3 is 10.1 Å². The number of hydrogen-bond acceptors (Lipinski definition) is 4. The molecule has 1 amide bonds. The van der Waals surface area contributed by atoms with E-state index in [2.05, 4.69) is 5.32 Å². The average Bonchev–Trinajstić information content (AvgIpc) is 2.45. The molecule has 0 aliphatic carbocycles. The molecule has 0 unspecified atom stereocenters. The molecule has 0 saturated heterocycles. The fourth-order valence-electron chi connectivity index (χ4n) is 2.31. The highest BCUT2D eigenvalue weighted by atomic mass is 32.2. The minimum Gasteiger partial charge on any atom is -0.496 e. The SMILES string of the molecule is COc1cc(C(=O)NCCCN(C(C)C)S(C)(=O)=O)ccc1C. The Balaban J connectivity index is 2.54. The number of rotatable bonds is 8. The van der Waals surface area contributed by atoms with Crippen molar-refractivity contribution in [2.45, 2.75) is 33.2 Å². The number of amides is 1. The molecular formula is C16H26N2O4S. The maximum atomic E-state index is 12.1. The van der Waals surface area contributed by atoms with E-state index in [1.54, 1.807) is 19.2 Å². The van der Waals surface area contributed by atoms with Gasteiger partial charge in [-0.2, -0.15) is 4.31 Å². The van der Waals surface area contributed by atoms with Gasteiger partial charge in [0.1, 0.15) is 5.75 Å².